The third kappa shape index (κ3) is 6.64. The van der Waals surface area contributed by atoms with E-state index in [4.69, 9.17) is 4.74 Å². The van der Waals surface area contributed by atoms with Gasteiger partial charge in [-0.05, 0) is 44.4 Å². The molecule has 176 valence electrons. The largest absolute Gasteiger partial charge is 0.453 e. The van der Waals surface area contributed by atoms with Gasteiger partial charge >= 0.3 is 5.97 Å². The first kappa shape index (κ1) is 24.4. The van der Waals surface area contributed by atoms with Crippen LogP contribution in [0.3, 0.4) is 0 Å². The number of ether oxygens (including phenoxy) is 1. The second kappa shape index (κ2) is 11.1. The standard InChI is InChI=1S/C24H29N3O5S/c1-17(19-11-5-3-6-12-19)26-24(29)18(2)32-22(28)15-7-4-10-16-25-23-20-13-8-9-14-21(20)33(30,31)27-23/h3,5-6,8-9,11-14,17-18H,4,7,10,15-16H2,1-2H3,(H,25,27)(H,26,29). The number of sulfonamides is 1. The second-order valence-electron chi connectivity index (χ2n) is 7.92. The highest BCUT2D eigenvalue weighted by Gasteiger charge is 2.29. The number of nitrogens with zero attached hydrogens (tertiary/aromatic N) is 1. The zero-order valence-electron chi connectivity index (χ0n) is 18.8. The highest BCUT2D eigenvalue weighted by Crippen LogP contribution is 2.22. The normalized spacial score (nSPS) is 17.0. The molecule has 0 saturated carbocycles. The lowest BCUT2D eigenvalue weighted by molar-refractivity contribution is -0.155. The lowest BCUT2D eigenvalue weighted by atomic mass is 10.1. The Morgan fingerprint density at radius 2 is 1.70 bits per heavy atom. The summed E-state index contributed by atoms with van der Waals surface area (Å²) in [5.74, 6) is -0.404. The van der Waals surface area contributed by atoms with E-state index in [0.717, 1.165) is 12.0 Å². The van der Waals surface area contributed by atoms with Crippen molar-refractivity contribution in [3.05, 3.63) is 65.7 Å². The van der Waals surface area contributed by atoms with Crippen LogP contribution < -0.4 is 10.0 Å². The summed E-state index contributed by atoms with van der Waals surface area (Å²) < 4.78 is 31.9. The third-order valence-corrected chi connectivity index (χ3v) is 6.70. The molecule has 0 radical (unpaired) electrons. The van der Waals surface area contributed by atoms with Crippen molar-refractivity contribution in [1.82, 2.24) is 10.0 Å². The Morgan fingerprint density at radius 3 is 2.45 bits per heavy atom. The van der Waals surface area contributed by atoms with Crippen molar-refractivity contribution in [3.63, 3.8) is 0 Å². The predicted octanol–water partition coefficient (Wildman–Crippen LogP) is 3.09. The van der Waals surface area contributed by atoms with E-state index in [1.807, 2.05) is 37.3 Å². The van der Waals surface area contributed by atoms with Crippen LogP contribution >= 0.6 is 0 Å². The van der Waals surface area contributed by atoms with Crippen molar-refractivity contribution in [2.45, 2.75) is 56.6 Å². The molecule has 2 aromatic carbocycles. The molecule has 1 heterocycles. The van der Waals surface area contributed by atoms with Crippen LogP contribution in [0, 0.1) is 0 Å². The predicted molar refractivity (Wildman–Crippen MR) is 125 cm³/mol. The van der Waals surface area contributed by atoms with Crippen molar-refractivity contribution < 1.29 is 22.7 Å². The van der Waals surface area contributed by atoms with Crippen LogP contribution in [0.5, 0.6) is 0 Å². The number of nitrogens with one attached hydrogen (secondary N) is 2. The number of esters is 1. The van der Waals surface area contributed by atoms with Crippen molar-refractivity contribution in [1.29, 1.82) is 0 Å². The molecule has 1 amide bonds. The Morgan fingerprint density at radius 1 is 1.00 bits per heavy atom. The molecular formula is C24H29N3O5S. The Bertz CT molecular complexity index is 1120. The van der Waals surface area contributed by atoms with Gasteiger partial charge in [-0.25, -0.2) is 8.42 Å². The SMILES string of the molecule is CC(OC(=O)CCCCCN=C1NS(=O)(=O)c2ccccc21)C(=O)NC(C)c1ccccc1. The van der Waals surface area contributed by atoms with E-state index >= 15 is 0 Å². The van der Waals surface area contributed by atoms with Crippen LogP contribution in [-0.2, 0) is 24.3 Å². The van der Waals surface area contributed by atoms with Crippen LogP contribution in [0.25, 0.3) is 0 Å². The molecule has 0 fully saturated rings. The molecule has 2 unspecified atom stereocenters. The molecule has 1 aliphatic rings. The highest BCUT2D eigenvalue weighted by atomic mass is 32.2. The van der Waals surface area contributed by atoms with Crippen molar-refractivity contribution >= 4 is 27.7 Å². The zero-order valence-corrected chi connectivity index (χ0v) is 19.6. The molecule has 0 aromatic heterocycles. The Kier molecular flexibility index (Phi) is 8.21. The molecular weight excluding hydrogens is 442 g/mol. The summed E-state index contributed by atoms with van der Waals surface area (Å²) in [6.45, 7) is 3.87. The van der Waals surface area contributed by atoms with E-state index < -0.39 is 22.1 Å². The minimum absolute atomic E-state index is 0.183. The first-order valence-corrected chi connectivity index (χ1v) is 12.5. The lowest BCUT2D eigenvalue weighted by Crippen LogP contribution is -2.37. The maximum absolute atomic E-state index is 12.3. The van der Waals surface area contributed by atoms with E-state index in [9.17, 15) is 18.0 Å². The summed E-state index contributed by atoms with van der Waals surface area (Å²) in [5, 5.41) is 2.85. The Balaban J connectivity index is 1.35. The van der Waals surface area contributed by atoms with Crippen molar-refractivity contribution in [3.8, 4) is 0 Å². The Labute approximate surface area is 194 Å². The monoisotopic (exact) mass is 471 g/mol. The van der Waals surface area contributed by atoms with E-state index in [2.05, 4.69) is 15.0 Å². The molecule has 9 heteroatoms. The van der Waals surface area contributed by atoms with E-state index in [1.165, 1.54) is 0 Å². The molecule has 0 spiro atoms. The van der Waals surface area contributed by atoms with Crippen LogP contribution in [-0.4, -0.2) is 38.8 Å². The molecule has 0 saturated heterocycles. The Hall–Kier alpha value is -3.20. The van der Waals surface area contributed by atoms with Gasteiger partial charge in [0.1, 0.15) is 5.84 Å². The molecule has 33 heavy (non-hydrogen) atoms. The second-order valence-corrected chi connectivity index (χ2v) is 9.57. The van der Waals surface area contributed by atoms with Gasteiger partial charge in [0, 0.05) is 18.5 Å². The summed E-state index contributed by atoms with van der Waals surface area (Å²) in [6.07, 6.45) is 1.36. The molecule has 3 rings (SSSR count). The summed E-state index contributed by atoms with van der Waals surface area (Å²) >= 11 is 0. The number of aliphatic imine (C=N–C) groups is 1. The number of rotatable bonds is 10. The van der Waals surface area contributed by atoms with Crippen molar-refractivity contribution in [2.24, 2.45) is 4.99 Å². The number of amides is 1. The number of fused-ring (bicyclic) bond motifs is 1. The van der Waals surface area contributed by atoms with Crippen molar-refractivity contribution in [2.75, 3.05) is 6.54 Å². The first-order chi connectivity index (χ1) is 15.8. The topological polar surface area (TPSA) is 114 Å². The number of carbonyl (C=O) groups is 2. The molecule has 0 aliphatic carbocycles. The molecule has 0 bridgehead atoms. The third-order valence-electron chi connectivity index (χ3n) is 5.31. The molecule has 8 nitrogen and oxygen atoms in total. The van der Waals surface area contributed by atoms with E-state index in [0.29, 0.717) is 30.8 Å². The average Bonchev–Trinajstić information content (AvgIpc) is 3.06. The minimum atomic E-state index is -3.53. The van der Waals surface area contributed by atoms with Gasteiger partial charge in [0.25, 0.3) is 15.9 Å². The fraction of sp³-hybridized carbons (Fsp3) is 0.375. The summed E-state index contributed by atoms with van der Waals surface area (Å²) in [5.41, 5.74) is 1.55. The van der Waals surface area contributed by atoms with Gasteiger partial charge < -0.3 is 10.1 Å². The smallest absolute Gasteiger partial charge is 0.306 e. The quantitative estimate of drug-likeness (QED) is 0.408. The van der Waals surface area contributed by atoms with Gasteiger partial charge in [0.15, 0.2) is 6.10 Å². The van der Waals surface area contributed by atoms with Crippen LogP contribution in [0.4, 0.5) is 0 Å². The van der Waals surface area contributed by atoms with Gasteiger partial charge in [0.2, 0.25) is 0 Å². The number of carbonyl (C=O) groups excluding carboxylic acids is 2. The number of hydrogen-bond donors (Lipinski definition) is 2. The fourth-order valence-electron chi connectivity index (χ4n) is 3.47. The fourth-order valence-corrected chi connectivity index (χ4v) is 4.72. The molecule has 2 atom stereocenters. The lowest BCUT2D eigenvalue weighted by Gasteiger charge is -2.18. The van der Waals surface area contributed by atoms with E-state index in [1.54, 1.807) is 31.2 Å². The molecule has 2 N–H and O–H groups in total. The maximum atomic E-state index is 12.3. The molecule has 2 aromatic rings. The summed E-state index contributed by atoms with van der Waals surface area (Å²) in [4.78, 5) is 28.9. The van der Waals surface area contributed by atoms with E-state index in [-0.39, 0.29) is 23.3 Å². The molecule has 1 aliphatic heterocycles. The number of amidine groups is 1. The number of hydrogen-bond acceptors (Lipinski definition) is 6. The summed E-state index contributed by atoms with van der Waals surface area (Å²) in [6, 6.07) is 16.1. The summed E-state index contributed by atoms with van der Waals surface area (Å²) in [7, 11) is -3.53. The van der Waals surface area contributed by atoms with Gasteiger partial charge in [-0.3, -0.25) is 19.3 Å². The van der Waals surface area contributed by atoms with Gasteiger partial charge in [-0.2, -0.15) is 0 Å². The van der Waals surface area contributed by atoms with Crippen LogP contribution in [0.1, 0.15) is 56.7 Å². The van der Waals surface area contributed by atoms with Crippen LogP contribution in [0.15, 0.2) is 64.5 Å². The minimum Gasteiger partial charge on any atom is -0.453 e. The number of benzene rings is 2. The van der Waals surface area contributed by atoms with Gasteiger partial charge in [-0.1, -0.05) is 48.9 Å². The van der Waals surface area contributed by atoms with Gasteiger partial charge in [0.05, 0.1) is 10.9 Å². The first-order valence-electron chi connectivity index (χ1n) is 11.0. The maximum Gasteiger partial charge on any atom is 0.306 e. The number of unbranched alkanes of at least 4 members (excludes halogenated alkanes) is 2. The zero-order chi connectivity index (χ0) is 23.8. The average molecular weight is 472 g/mol. The van der Waals surface area contributed by atoms with Gasteiger partial charge in [-0.15, -0.1) is 0 Å². The van der Waals surface area contributed by atoms with Crippen LogP contribution in [0.2, 0.25) is 0 Å². The highest BCUT2D eigenvalue weighted by molar-refractivity contribution is 7.90.